The van der Waals surface area contributed by atoms with Crippen molar-refractivity contribution < 1.29 is 49.5 Å². The van der Waals surface area contributed by atoms with Gasteiger partial charge in [-0.2, -0.15) is 0 Å². The van der Waals surface area contributed by atoms with Crippen molar-refractivity contribution in [2.45, 2.75) is 122 Å². The van der Waals surface area contributed by atoms with Crippen LogP contribution in [0.25, 0.3) is 0 Å². The fourth-order valence-corrected chi connectivity index (χ4v) is 11.0. The molecule has 0 aliphatic heterocycles. The minimum absolute atomic E-state index is 0.00362. The van der Waals surface area contributed by atoms with Gasteiger partial charge >= 0.3 is 11.9 Å². The number of nitrogens with one attached hydrogen (secondary N) is 2. The number of carboxylic acids is 2. The second-order valence-corrected chi connectivity index (χ2v) is 16.5. The third kappa shape index (κ3) is 8.20. The summed E-state index contributed by atoms with van der Waals surface area (Å²) < 4.78 is 0. The highest BCUT2D eigenvalue weighted by molar-refractivity contribution is 8.13. The Morgan fingerprint density at radius 2 is 1.54 bits per heavy atom. The number of hydrogen-bond acceptors (Lipinski definition) is 10. The van der Waals surface area contributed by atoms with E-state index in [1.807, 2.05) is 0 Å². The normalized spacial score (nSPS) is 37.6. The summed E-state index contributed by atoms with van der Waals surface area (Å²) in [5.74, 6) is -3.02. The van der Waals surface area contributed by atoms with Crippen LogP contribution in [0.3, 0.4) is 0 Å². The molecule has 48 heavy (non-hydrogen) atoms. The van der Waals surface area contributed by atoms with Crippen LogP contribution in [-0.2, 0) is 24.0 Å². The zero-order valence-electron chi connectivity index (χ0n) is 28.3. The summed E-state index contributed by atoms with van der Waals surface area (Å²) in [6, 6.07) is -2.44. The number of carboxylic acid groups (broad SMARTS) is 2. The number of aliphatic carboxylic acids is 2. The number of carbonyl (C=O) groups is 5. The Bertz CT molecular complexity index is 1220. The van der Waals surface area contributed by atoms with Gasteiger partial charge < -0.3 is 41.9 Å². The molecule has 13 nitrogen and oxygen atoms in total. The number of nitrogens with two attached hydrogens (primary N) is 1. The molecular formula is C34H55N3O10S. The molecule has 0 radical (unpaired) electrons. The van der Waals surface area contributed by atoms with Gasteiger partial charge in [-0.15, -0.1) is 0 Å². The molecule has 4 rings (SSSR count). The molecule has 0 unspecified atom stereocenters. The molecule has 0 spiro atoms. The third-order valence-corrected chi connectivity index (χ3v) is 13.8. The molecular weight excluding hydrogens is 642 g/mol. The average Bonchev–Trinajstić information content (AvgIpc) is 3.39. The Hall–Kier alpha value is -2.26. The zero-order valence-corrected chi connectivity index (χ0v) is 29.1. The Kier molecular flexibility index (Phi) is 12.6. The van der Waals surface area contributed by atoms with Crippen molar-refractivity contribution in [2.75, 3.05) is 12.3 Å². The maximum absolute atomic E-state index is 13.0. The molecule has 4 aliphatic rings. The lowest BCUT2D eigenvalue weighted by Crippen LogP contribution is -2.64. The highest BCUT2D eigenvalue weighted by atomic mass is 32.2. The van der Waals surface area contributed by atoms with Crippen LogP contribution in [0, 0.1) is 46.3 Å². The van der Waals surface area contributed by atoms with Crippen LogP contribution in [0.15, 0.2) is 0 Å². The molecule has 0 aromatic heterocycles. The van der Waals surface area contributed by atoms with E-state index in [0.29, 0.717) is 24.7 Å². The number of amides is 2. The van der Waals surface area contributed by atoms with Crippen LogP contribution >= 0.6 is 11.8 Å². The lowest BCUT2D eigenvalue weighted by molar-refractivity contribution is -0.223. The van der Waals surface area contributed by atoms with Crippen LogP contribution in [0.4, 0.5) is 0 Å². The van der Waals surface area contributed by atoms with Crippen molar-refractivity contribution in [3.05, 3.63) is 0 Å². The Morgan fingerprint density at radius 3 is 2.21 bits per heavy atom. The van der Waals surface area contributed by atoms with E-state index in [2.05, 4.69) is 31.4 Å². The Morgan fingerprint density at radius 1 is 0.875 bits per heavy atom. The number of hydrogen-bond donors (Lipinski definition) is 8. The van der Waals surface area contributed by atoms with Crippen LogP contribution in [-0.4, -0.2) is 97.1 Å². The number of rotatable bonds is 14. The second-order valence-electron chi connectivity index (χ2n) is 15.5. The Labute approximate surface area is 286 Å². The summed E-state index contributed by atoms with van der Waals surface area (Å²) in [5, 5.41) is 55.6. The van der Waals surface area contributed by atoms with Crippen molar-refractivity contribution >= 4 is 40.6 Å². The van der Waals surface area contributed by atoms with E-state index in [9.17, 15) is 39.3 Å². The van der Waals surface area contributed by atoms with E-state index in [1.54, 1.807) is 0 Å². The molecule has 0 saturated heterocycles. The molecule has 4 fully saturated rings. The maximum atomic E-state index is 13.0. The summed E-state index contributed by atoms with van der Waals surface area (Å²) in [7, 11) is 0. The van der Waals surface area contributed by atoms with Crippen LogP contribution in [0.2, 0.25) is 0 Å². The average molecular weight is 698 g/mol. The smallest absolute Gasteiger partial charge is 0.322 e. The van der Waals surface area contributed by atoms with Gasteiger partial charge in [-0.3, -0.25) is 24.0 Å². The van der Waals surface area contributed by atoms with E-state index in [4.69, 9.17) is 15.9 Å². The van der Waals surface area contributed by atoms with Gasteiger partial charge in [0.25, 0.3) is 0 Å². The van der Waals surface area contributed by atoms with Gasteiger partial charge in [0.2, 0.25) is 11.8 Å². The standard InChI is InChI=1S/C34H55N3O10S/c1-17(4-9-27(42)48-16-24(31(45)36-15-26(40)41)37-25(39)8-7-23(35)32(46)47)19-5-6-20-28-21(11-13-33(19,20)2)34(3)12-10-18(38)14-22(34)29(43)30(28)44/h17-24,28-30,38,43-44H,4-16,35H2,1-3H3,(H,36,45)(H,37,39)(H,40,41)(H,46,47)/t17-,18-,19-,20+,21+,22+,23+,24+,28+,29-,30+,33-,34-/m1/s1. The third-order valence-electron chi connectivity index (χ3n) is 12.8. The fraction of sp³-hybridized carbons (Fsp3) is 0.853. The first-order valence-electron chi connectivity index (χ1n) is 17.5. The lowest BCUT2D eigenvalue weighted by atomic mass is 9.43. The SMILES string of the molecule is C[C@H](CCC(=O)SC[C@H](NC(=O)CC[C@H](N)C(=O)O)C(=O)NCC(=O)O)[C@H]1CC[C@H]2[C@@H]3[C@H](O)[C@H](O)[C@@H]4C[C@H](O)CC[C@]4(C)[C@H]3CC[C@]12C. The number of thioether (sulfide) groups is 1. The van der Waals surface area contributed by atoms with Crippen molar-refractivity contribution in [1.82, 2.24) is 10.6 Å². The summed E-state index contributed by atoms with van der Waals surface area (Å²) in [4.78, 5) is 60.0. The molecule has 0 aromatic rings. The van der Waals surface area contributed by atoms with Crippen LogP contribution < -0.4 is 16.4 Å². The molecule has 2 amide bonds. The molecule has 4 aliphatic carbocycles. The molecule has 0 heterocycles. The first-order valence-corrected chi connectivity index (χ1v) is 18.4. The predicted octanol–water partition coefficient (Wildman–Crippen LogP) is 1.50. The second kappa shape index (κ2) is 15.7. The quantitative estimate of drug-likeness (QED) is 0.129. The van der Waals surface area contributed by atoms with Crippen molar-refractivity contribution in [2.24, 2.45) is 52.1 Å². The van der Waals surface area contributed by atoms with E-state index < -0.39 is 60.7 Å². The molecule has 272 valence electrons. The molecule has 0 bridgehead atoms. The predicted molar refractivity (Wildman–Crippen MR) is 177 cm³/mol. The minimum atomic E-state index is -1.27. The molecule has 14 heteroatoms. The maximum Gasteiger partial charge on any atom is 0.322 e. The van der Waals surface area contributed by atoms with Gasteiger partial charge in [-0.25, -0.2) is 0 Å². The first kappa shape index (κ1) is 38.5. The molecule has 9 N–H and O–H groups in total. The topological polar surface area (TPSA) is 237 Å². The highest BCUT2D eigenvalue weighted by Crippen LogP contribution is 2.68. The molecule has 0 aromatic carbocycles. The molecule has 4 saturated carbocycles. The van der Waals surface area contributed by atoms with Gasteiger partial charge in [0.05, 0.1) is 18.3 Å². The van der Waals surface area contributed by atoms with Crippen molar-refractivity contribution in [3.63, 3.8) is 0 Å². The summed E-state index contributed by atoms with van der Waals surface area (Å²) in [6.07, 6.45) is 4.46. The summed E-state index contributed by atoms with van der Waals surface area (Å²) in [6.45, 7) is 6.09. The van der Waals surface area contributed by atoms with E-state index in [-0.39, 0.29) is 64.6 Å². The van der Waals surface area contributed by atoms with Crippen molar-refractivity contribution in [3.8, 4) is 0 Å². The number of fused-ring (bicyclic) bond motifs is 5. The van der Waals surface area contributed by atoms with Crippen molar-refractivity contribution in [1.29, 1.82) is 0 Å². The zero-order chi connectivity index (χ0) is 35.6. The van der Waals surface area contributed by atoms with Gasteiger partial charge in [0.15, 0.2) is 5.12 Å². The number of carbonyl (C=O) groups excluding carboxylic acids is 3. The highest BCUT2D eigenvalue weighted by Gasteiger charge is 2.65. The van der Waals surface area contributed by atoms with E-state index in [1.165, 1.54) is 0 Å². The number of aliphatic hydroxyl groups excluding tert-OH is 3. The Balaban J connectivity index is 1.33. The van der Waals surface area contributed by atoms with Crippen LogP contribution in [0.5, 0.6) is 0 Å². The van der Waals surface area contributed by atoms with Gasteiger partial charge in [-0.05, 0) is 104 Å². The first-order chi connectivity index (χ1) is 22.5. The van der Waals surface area contributed by atoms with Crippen LogP contribution in [0.1, 0.15) is 91.4 Å². The minimum Gasteiger partial charge on any atom is -0.480 e. The number of aliphatic hydroxyl groups is 3. The van der Waals surface area contributed by atoms with Gasteiger partial charge in [-0.1, -0.05) is 32.5 Å². The van der Waals surface area contributed by atoms with Gasteiger partial charge in [0, 0.05) is 18.6 Å². The largest absolute Gasteiger partial charge is 0.480 e. The van der Waals surface area contributed by atoms with E-state index in [0.717, 1.165) is 50.3 Å². The lowest BCUT2D eigenvalue weighted by Gasteiger charge is -2.63. The monoisotopic (exact) mass is 697 g/mol. The summed E-state index contributed by atoms with van der Waals surface area (Å²) in [5.41, 5.74) is 5.32. The fourth-order valence-electron chi connectivity index (χ4n) is 10.2. The molecule has 13 atom stereocenters. The van der Waals surface area contributed by atoms with Gasteiger partial charge in [0.1, 0.15) is 18.6 Å². The summed E-state index contributed by atoms with van der Waals surface area (Å²) >= 11 is 0.891. The van der Waals surface area contributed by atoms with E-state index >= 15 is 0 Å².